The number of hydrogen-bond donors (Lipinski definition) is 2. The third-order valence-electron chi connectivity index (χ3n) is 2.78. The van der Waals surface area contributed by atoms with Crippen LogP contribution in [0.2, 0.25) is 0 Å². The summed E-state index contributed by atoms with van der Waals surface area (Å²) in [5.41, 5.74) is 5.42. The molecular weight excluding hydrogens is 248 g/mol. The molecule has 1 rings (SSSR count). The lowest BCUT2D eigenvalue weighted by atomic mass is 10.0. The van der Waals surface area contributed by atoms with Crippen LogP contribution in [0, 0.1) is 11.8 Å². The zero-order valence-electron chi connectivity index (χ0n) is 10.9. The van der Waals surface area contributed by atoms with Crippen molar-refractivity contribution in [1.29, 1.82) is 0 Å². The van der Waals surface area contributed by atoms with Crippen LogP contribution in [0.15, 0.2) is 11.4 Å². The molecule has 1 aromatic rings. The van der Waals surface area contributed by atoms with Crippen LogP contribution in [0.25, 0.3) is 0 Å². The highest BCUT2D eigenvalue weighted by molar-refractivity contribution is 7.12. The normalized spacial score (nSPS) is 10.7. The van der Waals surface area contributed by atoms with Crippen molar-refractivity contribution in [3.8, 4) is 11.8 Å². The van der Waals surface area contributed by atoms with E-state index in [-0.39, 0.29) is 19.1 Å². The minimum atomic E-state index is -0.598. The Balaban J connectivity index is 3.01. The topological polar surface area (TPSA) is 66.6 Å². The van der Waals surface area contributed by atoms with Crippen LogP contribution in [0.4, 0.5) is 0 Å². The summed E-state index contributed by atoms with van der Waals surface area (Å²) in [4.78, 5) is 14.4. The van der Waals surface area contributed by atoms with E-state index in [4.69, 9.17) is 5.73 Å². The Labute approximate surface area is 111 Å². The lowest BCUT2D eigenvalue weighted by Gasteiger charge is -2.33. The molecule has 0 spiro atoms. The molecule has 4 nitrogen and oxygen atoms in total. The monoisotopic (exact) mass is 266 g/mol. The molecule has 0 bridgehead atoms. The van der Waals surface area contributed by atoms with E-state index in [2.05, 4.69) is 11.8 Å². The quantitative estimate of drug-likeness (QED) is 0.799. The number of carbonyl (C=O) groups excluding carboxylic acids is 1. The van der Waals surface area contributed by atoms with E-state index in [0.29, 0.717) is 10.4 Å². The molecule has 18 heavy (non-hydrogen) atoms. The van der Waals surface area contributed by atoms with E-state index in [0.717, 1.165) is 0 Å². The van der Waals surface area contributed by atoms with Gasteiger partial charge in [0.1, 0.15) is 4.88 Å². The average Bonchev–Trinajstić information content (AvgIpc) is 2.82. The SMILES string of the molecule is CN(C(=O)c1sccc1C#CCN)C(C)(C)CO. The van der Waals surface area contributed by atoms with Crippen LogP contribution >= 0.6 is 11.3 Å². The van der Waals surface area contributed by atoms with Gasteiger partial charge in [-0.1, -0.05) is 11.8 Å². The second kappa shape index (κ2) is 6.01. The smallest absolute Gasteiger partial charge is 0.265 e. The second-order valence-electron chi connectivity index (χ2n) is 4.50. The van der Waals surface area contributed by atoms with Gasteiger partial charge in [0.05, 0.1) is 18.7 Å². The predicted octanol–water partition coefficient (Wildman–Crippen LogP) is 0.901. The molecule has 1 aromatic heterocycles. The van der Waals surface area contributed by atoms with Gasteiger partial charge >= 0.3 is 0 Å². The number of hydrogen-bond acceptors (Lipinski definition) is 4. The number of nitrogens with two attached hydrogens (primary N) is 1. The molecule has 1 amide bonds. The van der Waals surface area contributed by atoms with E-state index in [1.54, 1.807) is 13.1 Å². The Kier molecular flexibility index (Phi) is 4.91. The molecular formula is C13H18N2O2S. The van der Waals surface area contributed by atoms with Gasteiger partial charge < -0.3 is 15.7 Å². The molecule has 0 atom stereocenters. The zero-order valence-corrected chi connectivity index (χ0v) is 11.7. The number of aliphatic hydroxyl groups excluding tert-OH is 1. The third kappa shape index (κ3) is 3.10. The van der Waals surface area contributed by atoms with Crippen LogP contribution in [0.1, 0.15) is 29.1 Å². The fraction of sp³-hybridized carbons (Fsp3) is 0.462. The van der Waals surface area contributed by atoms with Crippen LogP contribution < -0.4 is 5.73 Å². The van der Waals surface area contributed by atoms with Gasteiger partial charge in [0, 0.05) is 12.6 Å². The van der Waals surface area contributed by atoms with Gasteiger partial charge in [-0.2, -0.15) is 0 Å². The van der Waals surface area contributed by atoms with Gasteiger partial charge in [-0.3, -0.25) is 4.79 Å². The number of thiophene rings is 1. The van der Waals surface area contributed by atoms with Crippen LogP contribution in [-0.2, 0) is 0 Å². The highest BCUT2D eigenvalue weighted by Crippen LogP contribution is 2.21. The van der Waals surface area contributed by atoms with Gasteiger partial charge in [-0.05, 0) is 25.3 Å². The Morgan fingerprint density at radius 1 is 1.61 bits per heavy atom. The lowest BCUT2D eigenvalue weighted by molar-refractivity contribution is 0.0477. The fourth-order valence-corrected chi connectivity index (χ4v) is 2.08. The number of carbonyl (C=O) groups is 1. The number of amides is 1. The molecule has 0 unspecified atom stereocenters. The van der Waals surface area contributed by atoms with Gasteiger partial charge in [0.2, 0.25) is 0 Å². The molecule has 0 aliphatic carbocycles. The first-order valence-corrected chi connectivity index (χ1v) is 6.47. The molecule has 0 aliphatic rings. The number of aliphatic hydroxyl groups is 1. The third-order valence-corrected chi connectivity index (χ3v) is 3.69. The van der Waals surface area contributed by atoms with Crippen molar-refractivity contribution >= 4 is 17.2 Å². The number of likely N-dealkylation sites (N-methyl/N-ethyl adjacent to an activating group) is 1. The van der Waals surface area contributed by atoms with Gasteiger partial charge in [-0.25, -0.2) is 0 Å². The Bertz CT molecular complexity index is 483. The summed E-state index contributed by atoms with van der Waals surface area (Å²) in [5.74, 6) is 5.49. The minimum absolute atomic E-state index is 0.0928. The largest absolute Gasteiger partial charge is 0.394 e. The highest BCUT2D eigenvalue weighted by Gasteiger charge is 2.29. The van der Waals surface area contributed by atoms with Crippen molar-refractivity contribution in [2.24, 2.45) is 5.73 Å². The average molecular weight is 266 g/mol. The van der Waals surface area contributed by atoms with E-state index in [1.807, 2.05) is 19.2 Å². The van der Waals surface area contributed by atoms with Crippen LogP contribution in [0.5, 0.6) is 0 Å². The van der Waals surface area contributed by atoms with Crippen LogP contribution in [0.3, 0.4) is 0 Å². The molecule has 0 aliphatic heterocycles. The Morgan fingerprint density at radius 3 is 2.83 bits per heavy atom. The Hall–Kier alpha value is -1.35. The minimum Gasteiger partial charge on any atom is -0.394 e. The molecule has 0 aromatic carbocycles. The second-order valence-corrected chi connectivity index (χ2v) is 5.42. The summed E-state index contributed by atoms with van der Waals surface area (Å²) in [6.45, 7) is 3.79. The predicted molar refractivity (Wildman–Crippen MR) is 73.5 cm³/mol. The summed E-state index contributed by atoms with van der Waals surface area (Å²) in [6, 6.07) is 1.81. The molecule has 0 fully saturated rings. The molecule has 5 heteroatoms. The summed E-state index contributed by atoms with van der Waals surface area (Å²) in [6.07, 6.45) is 0. The zero-order chi connectivity index (χ0) is 13.8. The first kappa shape index (κ1) is 14.7. The Morgan fingerprint density at radius 2 is 2.28 bits per heavy atom. The summed E-state index contributed by atoms with van der Waals surface area (Å²) in [7, 11) is 1.68. The first-order valence-electron chi connectivity index (χ1n) is 5.59. The number of rotatable bonds is 3. The standard InChI is InChI=1S/C13H18N2O2S/c1-13(2,9-16)15(3)12(17)11-10(5-4-7-14)6-8-18-11/h6,8,16H,7,9,14H2,1-3H3. The van der Waals surface area contributed by atoms with Gasteiger partial charge in [0.15, 0.2) is 0 Å². The van der Waals surface area contributed by atoms with Crippen molar-refractivity contribution in [3.63, 3.8) is 0 Å². The molecule has 0 radical (unpaired) electrons. The van der Waals surface area contributed by atoms with Crippen molar-refractivity contribution in [2.75, 3.05) is 20.2 Å². The van der Waals surface area contributed by atoms with Crippen molar-refractivity contribution in [1.82, 2.24) is 4.90 Å². The summed E-state index contributed by atoms with van der Waals surface area (Å²) in [5, 5.41) is 11.1. The fourth-order valence-electron chi connectivity index (χ4n) is 1.25. The maximum absolute atomic E-state index is 12.3. The van der Waals surface area contributed by atoms with Gasteiger partial charge in [-0.15, -0.1) is 11.3 Å². The molecule has 0 saturated heterocycles. The number of nitrogens with zero attached hydrogens (tertiary/aromatic N) is 1. The molecule has 0 saturated carbocycles. The van der Waals surface area contributed by atoms with E-state index in [9.17, 15) is 9.90 Å². The van der Waals surface area contributed by atoms with E-state index < -0.39 is 5.54 Å². The maximum atomic E-state index is 12.3. The van der Waals surface area contributed by atoms with Crippen molar-refractivity contribution in [2.45, 2.75) is 19.4 Å². The summed E-state index contributed by atoms with van der Waals surface area (Å²) >= 11 is 1.35. The highest BCUT2D eigenvalue weighted by atomic mass is 32.1. The van der Waals surface area contributed by atoms with Crippen molar-refractivity contribution < 1.29 is 9.90 Å². The lowest BCUT2D eigenvalue weighted by Crippen LogP contribution is -2.47. The summed E-state index contributed by atoms with van der Waals surface area (Å²) < 4.78 is 0. The first-order chi connectivity index (χ1) is 8.44. The van der Waals surface area contributed by atoms with E-state index in [1.165, 1.54) is 16.2 Å². The molecule has 98 valence electrons. The molecule has 3 N–H and O–H groups in total. The van der Waals surface area contributed by atoms with E-state index >= 15 is 0 Å². The van der Waals surface area contributed by atoms with Crippen LogP contribution in [-0.4, -0.2) is 41.7 Å². The van der Waals surface area contributed by atoms with Crippen molar-refractivity contribution in [3.05, 3.63) is 21.9 Å². The van der Waals surface area contributed by atoms with Gasteiger partial charge in [0.25, 0.3) is 5.91 Å². The maximum Gasteiger partial charge on any atom is 0.265 e. The molecule has 1 heterocycles.